The Morgan fingerprint density at radius 3 is 2.71 bits per heavy atom. The number of carbonyl (C=O) groups excluding carboxylic acids is 1. The number of ether oxygens (including phenoxy) is 1. The van der Waals surface area contributed by atoms with Crippen LogP contribution in [0.15, 0.2) is 0 Å². The van der Waals surface area contributed by atoms with Crippen molar-refractivity contribution in [1.29, 1.82) is 0 Å². The summed E-state index contributed by atoms with van der Waals surface area (Å²) >= 11 is 4.07. The van der Waals surface area contributed by atoms with Crippen LogP contribution in [-0.4, -0.2) is 52.9 Å². The van der Waals surface area contributed by atoms with Gasteiger partial charge < -0.3 is 14.7 Å². The summed E-state index contributed by atoms with van der Waals surface area (Å²) in [5.41, 5.74) is 0. The van der Waals surface area contributed by atoms with Crippen molar-refractivity contribution in [1.82, 2.24) is 4.90 Å². The zero-order valence-electron chi connectivity index (χ0n) is 10.1. The maximum absolute atomic E-state index is 12.0. The molecule has 1 aliphatic rings. The van der Waals surface area contributed by atoms with Crippen LogP contribution in [0, 0.1) is 5.92 Å². The number of amides is 1. The molecule has 1 fully saturated rings. The lowest BCUT2D eigenvalue weighted by atomic mass is 10.1. The van der Waals surface area contributed by atoms with Gasteiger partial charge in [0.2, 0.25) is 5.91 Å². The summed E-state index contributed by atoms with van der Waals surface area (Å²) in [6.45, 7) is 4.50. The molecule has 0 spiro atoms. The third kappa shape index (κ3) is 3.35. The number of hydrogen-bond donors (Lipinski definition) is 2. The summed E-state index contributed by atoms with van der Waals surface area (Å²) < 4.78 is 5.40. The number of aliphatic carboxylic acids is 1. The normalized spacial score (nSPS) is 25.9. The molecule has 1 N–H and O–H groups in total. The number of rotatable bonds is 5. The molecule has 1 heterocycles. The van der Waals surface area contributed by atoms with Gasteiger partial charge in [-0.2, -0.15) is 12.6 Å². The van der Waals surface area contributed by atoms with Crippen LogP contribution in [0.1, 0.15) is 20.3 Å². The Bertz CT molecular complexity index is 297. The highest BCUT2D eigenvalue weighted by Gasteiger charge is 2.40. The predicted octanol–water partition coefficient (Wildman–Crippen LogP) is 0.643. The van der Waals surface area contributed by atoms with Crippen molar-refractivity contribution < 1.29 is 19.4 Å². The maximum atomic E-state index is 12.0. The first-order valence-corrected chi connectivity index (χ1v) is 6.40. The van der Waals surface area contributed by atoms with E-state index in [0.29, 0.717) is 25.3 Å². The summed E-state index contributed by atoms with van der Waals surface area (Å²) in [6, 6.07) is -0.763. The summed E-state index contributed by atoms with van der Waals surface area (Å²) in [5.74, 6) is -0.969. The highest BCUT2D eigenvalue weighted by Crippen LogP contribution is 2.23. The predicted molar refractivity (Wildman–Crippen MR) is 66.2 cm³/mol. The van der Waals surface area contributed by atoms with Crippen molar-refractivity contribution >= 4 is 24.5 Å². The van der Waals surface area contributed by atoms with E-state index in [9.17, 15) is 9.59 Å². The van der Waals surface area contributed by atoms with Gasteiger partial charge >= 0.3 is 5.97 Å². The lowest BCUT2D eigenvalue weighted by molar-refractivity contribution is -0.149. The third-order valence-electron chi connectivity index (χ3n) is 2.93. The van der Waals surface area contributed by atoms with E-state index < -0.39 is 12.0 Å². The maximum Gasteiger partial charge on any atom is 0.326 e. The van der Waals surface area contributed by atoms with Gasteiger partial charge in [0, 0.05) is 31.2 Å². The van der Waals surface area contributed by atoms with Gasteiger partial charge in [-0.1, -0.05) is 6.92 Å². The molecule has 6 heteroatoms. The number of nitrogens with zero attached hydrogens (tertiary/aromatic N) is 1. The Balaban J connectivity index is 2.74. The quantitative estimate of drug-likeness (QED) is 0.713. The lowest BCUT2D eigenvalue weighted by Crippen LogP contribution is -2.43. The van der Waals surface area contributed by atoms with Gasteiger partial charge in [0.25, 0.3) is 0 Å². The van der Waals surface area contributed by atoms with E-state index in [1.807, 2.05) is 6.92 Å². The van der Waals surface area contributed by atoms with Gasteiger partial charge in [0.1, 0.15) is 6.04 Å². The van der Waals surface area contributed by atoms with E-state index in [-0.39, 0.29) is 17.9 Å². The van der Waals surface area contributed by atoms with Gasteiger partial charge in [-0.05, 0) is 6.92 Å². The molecule has 0 radical (unpaired) electrons. The van der Waals surface area contributed by atoms with Crippen molar-refractivity contribution in [2.75, 3.05) is 18.9 Å². The Morgan fingerprint density at radius 2 is 2.24 bits per heavy atom. The fourth-order valence-corrected chi connectivity index (χ4v) is 2.15. The molecular weight excluding hydrogens is 242 g/mol. The van der Waals surface area contributed by atoms with Crippen LogP contribution >= 0.6 is 12.6 Å². The van der Waals surface area contributed by atoms with E-state index in [0.717, 1.165) is 0 Å². The van der Waals surface area contributed by atoms with E-state index in [1.165, 1.54) is 4.90 Å². The zero-order chi connectivity index (χ0) is 13.0. The van der Waals surface area contributed by atoms with Crippen molar-refractivity contribution in [3.05, 3.63) is 0 Å². The molecule has 1 rings (SSSR count). The summed E-state index contributed by atoms with van der Waals surface area (Å²) in [7, 11) is 0. The van der Waals surface area contributed by atoms with Gasteiger partial charge in [0.05, 0.1) is 6.10 Å². The van der Waals surface area contributed by atoms with E-state index in [4.69, 9.17) is 9.84 Å². The van der Waals surface area contributed by atoms with E-state index in [1.54, 1.807) is 6.92 Å². The van der Waals surface area contributed by atoms with E-state index in [2.05, 4.69) is 12.6 Å². The second kappa shape index (κ2) is 6.26. The Morgan fingerprint density at radius 1 is 1.59 bits per heavy atom. The molecule has 1 amide bonds. The lowest BCUT2D eigenvalue weighted by Gasteiger charge is -2.24. The molecule has 0 aromatic heterocycles. The van der Waals surface area contributed by atoms with Crippen LogP contribution in [0.3, 0.4) is 0 Å². The molecule has 17 heavy (non-hydrogen) atoms. The highest BCUT2D eigenvalue weighted by atomic mass is 32.1. The standard InChI is InChI=1S/C11H19NO4S/c1-3-16-8-4-9(11(14)15)12(5-8)10(13)7(2)6-17/h7-9,17H,3-6H2,1-2H3,(H,14,15)/t7?,8-,9-/m0/s1. The van der Waals surface area contributed by atoms with Gasteiger partial charge in [-0.3, -0.25) is 4.79 Å². The highest BCUT2D eigenvalue weighted by molar-refractivity contribution is 7.80. The van der Waals surface area contributed by atoms with Crippen LogP contribution in [0.5, 0.6) is 0 Å². The average Bonchev–Trinajstić information content (AvgIpc) is 2.71. The third-order valence-corrected chi connectivity index (χ3v) is 3.48. The van der Waals surface area contributed by atoms with Crippen molar-refractivity contribution in [2.24, 2.45) is 5.92 Å². The molecule has 1 unspecified atom stereocenters. The largest absolute Gasteiger partial charge is 0.480 e. The number of hydrogen-bond acceptors (Lipinski definition) is 4. The van der Waals surface area contributed by atoms with Gasteiger partial charge in [-0.15, -0.1) is 0 Å². The molecule has 0 bridgehead atoms. The minimum Gasteiger partial charge on any atom is -0.480 e. The molecule has 1 aliphatic heterocycles. The topological polar surface area (TPSA) is 66.8 Å². The zero-order valence-corrected chi connectivity index (χ0v) is 11.0. The van der Waals surface area contributed by atoms with Crippen LogP contribution in [0.4, 0.5) is 0 Å². The van der Waals surface area contributed by atoms with Crippen molar-refractivity contribution in [3.8, 4) is 0 Å². The molecule has 0 aromatic carbocycles. The minimum atomic E-state index is -0.966. The molecule has 0 aromatic rings. The number of thiol groups is 1. The fraction of sp³-hybridized carbons (Fsp3) is 0.818. The van der Waals surface area contributed by atoms with E-state index >= 15 is 0 Å². The monoisotopic (exact) mass is 261 g/mol. The molecule has 3 atom stereocenters. The number of carboxylic acids is 1. The second-order valence-corrected chi connectivity index (χ2v) is 4.61. The Kier molecular flexibility index (Phi) is 5.27. The smallest absolute Gasteiger partial charge is 0.326 e. The Hall–Kier alpha value is -0.750. The van der Waals surface area contributed by atoms with Gasteiger partial charge in [0.15, 0.2) is 0 Å². The van der Waals surface area contributed by atoms with Crippen LogP contribution in [-0.2, 0) is 14.3 Å². The summed E-state index contributed by atoms with van der Waals surface area (Å²) in [4.78, 5) is 24.5. The Labute approximate surface area is 107 Å². The SMILES string of the molecule is CCO[C@H]1C[C@@H](C(=O)O)N(C(=O)C(C)CS)C1. The molecule has 5 nitrogen and oxygen atoms in total. The van der Waals surface area contributed by atoms with Crippen LogP contribution in [0.2, 0.25) is 0 Å². The van der Waals surface area contributed by atoms with Crippen molar-refractivity contribution in [3.63, 3.8) is 0 Å². The molecular formula is C11H19NO4S. The molecule has 1 saturated heterocycles. The van der Waals surface area contributed by atoms with Crippen LogP contribution < -0.4 is 0 Å². The minimum absolute atomic E-state index is 0.158. The molecule has 0 aliphatic carbocycles. The first-order valence-electron chi connectivity index (χ1n) is 5.77. The fourth-order valence-electron chi connectivity index (χ4n) is 1.99. The summed E-state index contributed by atoms with van der Waals surface area (Å²) in [6.07, 6.45) is 0.200. The first-order chi connectivity index (χ1) is 8.01. The van der Waals surface area contributed by atoms with Crippen LogP contribution in [0.25, 0.3) is 0 Å². The van der Waals surface area contributed by atoms with Gasteiger partial charge in [-0.25, -0.2) is 4.79 Å². The number of likely N-dealkylation sites (tertiary alicyclic amines) is 1. The second-order valence-electron chi connectivity index (χ2n) is 4.24. The summed E-state index contributed by atoms with van der Waals surface area (Å²) in [5, 5.41) is 9.10. The molecule has 98 valence electrons. The first kappa shape index (κ1) is 14.3. The van der Waals surface area contributed by atoms with Crippen molar-refractivity contribution in [2.45, 2.75) is 32.4 Å². The number of carbonyl (C=O) groups is 2. The average molecular weight is 261 g/mol. The number of carboxylic acid groups (broad SMARTS) is 1. The molecule has 0 saturated carbocycles.